The number of halogens is 1. The molecule has 7 rings (SSSR count). The van der Waals surface area contributed by atoms with Crippen molar-refractivity contribution >= 4 is 93.3 Å². The Kier molecular flexibility index (Phi) is 21.4. The maximum Gasteiger partial charge on any atom is 1.00 e. The zero-order valence-electron chi connectivity index (χ0n) is 42.9. The summed E-state index contributed by atoms with van der Waals surface area (Å²) < 4.78 is 106. The normalized spacial score (nSPS) is 18.6. The van der Waals surface area contributed by atoms with Crippen LogP contribution in [0.5, 0.6) is 0 Å². The molecule has 0 aromatic heterocycles. The van der Waals surface area contributed by atoms with Crippen LogP contribution in [0.1, 0.15) is 103 Å². The van der Waals surface area contributed by atoms with Gasteiger partial charge in [-0.1, -0.05) is 37.6 Å². The molecule has 376 valence electrons. The second kappa shape index (κ2) is 24.6. The van der Waals surface area contributed by atoms with Crippen LogP contribution in [-0.4, -0.2) is 105 Å². The fourth-order valence-electron chi connectivity index (χ4n) is 9.92. The van der Waals surface area contributed by atoms with E-state index >= 15 is 0 Å². The van der Waals surface area contributed by atoms with Crippen LogP contribution >= 0.6 is 11.6 Å². The van der Waals surface area contributed by atoms with Gasteiger partial charge in [0.05, 0.1) is 16.1 Å². The summed E-state index contributed by atoms with van der Waals surface area (Å²) in [5.74, 6) is -2.24. The van der Waals surface area contributed by atoms with Crippen LogP contribution in [0.4, 0.5) is 17.1 Å². The molecule has 1 saturated heterocycles. The molecule has 2 amide bonds. The number of carbonyl (C=O) groups excluding carboxylic acids is 3. The molecule has 3 aliphatic heterocycles. The molecular weight excluding hydrogens is 1050 g/mol. The first-order valence-electron chi connectivity index (χ1n) is 22.9. The van der Waals surface area contributed by atoms with Gasteiger partial charge in [0, 0.05) is 96.9 Å². The SMILES string of the molecule is CN(C)c1ccc2c(c1)C(C)(C)/C(=C\C=C1/CCCC(/C=C/C3=[N+](CCCCCC(=O)ON4C(=O)CCC4=O)c4ccc5c(S(=O)(=O)O)cc(S(=O)(=O)O)cc5c4C3(C)C)=C1Cl)N2CCCS(=O)(=O)O.[Na+].[Na+].[Na+]. The Morgan fingerprint density at radius 1 is 0.795 bits per heavy atom. The zero-order valence-corrected chi connectivity index (χ0v) is 52.1. The summed E-state index contributed by atoms with van der Waals surface area (Å²) in [5.41, 5.74) is 6.14. The summed E-state index contributed by atoms with van der Waals surface area (Å²) in [4.78, 5) is 44.2. The van der Waals surface area contributed by atoms with Crippen molar-refractivity contribution in [3.05, 3.63) is 99.8 Å². The molecule has 0 spiro atoms. The number of anilines is 2. The first-order chi connectivity index (χ1) is 32.6. The maximum absolute atomic E-state index is 12.7. The van der Waals surface area contributed by atoms with E-state index in [1.165, 1.54) is 12.1 Å². The topological polar surface area (TPSA) is 236 Å². The smallest absolute Gasteiger partial charge is 0.378 e. The Bertz CT molecular complexity index is 3210. The second-order valence-electron chi connectivity index (χ2n) is 19.2. The summed E-state index contributed by atoms with van der Waals surface area (Å²) in [6.45, 7) is 8.74. The fraction of sp³-hybridized carbons (Fsp3) is 0.429. The van der Waals surface area contributed by atoms with Gasteiger partial charge in [-0.3, -0.25) is 23.2 Å². The molecule has 3 N–H and O–H groups in total. The van der Waals surface area contributed by atoms with E-state index in [-0.39, 0.29) is 131 Å². The number of benzene rings is 3. The predicted molar refractivity (Wildman–Crippen MR) is 266 cm³/mol. The predicted octanol–water partition coefficient (Wildman–Crippen LogP) is -0.926. The minimum Gasteiger partial charge on any atom is -0.378 e. The van der Waals surface area contributed by atoms with Crippen LogP contribution in [0.25, 0.3) is 10.8 Å². The molecule has 1 aliphatic carbocycles. The third-order valence-electron chi connectivity index (χ3n) is 13.4. The second-order valence-corrected chi connectivity index (χ2v) is 24.0. The van der Waals surface area contributed by atoms with Gasteiger partial charge in [0.1, 0.15) is 11.4 Å². The number of imide groups is 1. The molecule has 17 nitrogen and oxygen atoms in total. The minimum atomic E-state index is -4.97. The first kappa shape index (κ1) is 63.3. The number of hydrogen-bond acceptors (Lipinski definition) is 12. The number of amides is 2. The van der Waals surface area contributed by atoms with E-state index in [4.69, 9.17) is 16.4 Å². The van der Waals surface area contributed by atoms with E-state index in [9.17, 15) is 53.3 Å². The molecule has 24 heteroatoms. The molecule has 3 heterocycles. The molecule has 0 radical (unpaired) electrons. The molecule has 0 atom stereocenters. The van der Waals surface area contributed by atoms with Crippen molar-refractivity contribution in [2.75, 3.05) is 42.7 Å². The number of nitrogens with zero attached hydrogens (tertiary/aromatic N) is 4. The van der Waals surface area contributed by atoms with Crippen molar-refractivity contribution in [2.45, 2.75) is 113 Å². The Balaban J connectivity index is 0.00000385. The molecule has 1 fully saturated rings. The molecule has 73 heavy (non-hydrogen) atoms. The maximum atomic E-state index is 12.7. The van der Waals surface area contributed by atoms with Crippen LogP contribution in [0.3, 0.4) is 0 Å². The minimum absolute atomic E-state index is 0. The van der Waals surface area contributed by atoms with E-state index in [0.29, 0.717) is 66.5 Å². The van der Waals surface area contributed by atoms with Crippen molar-refractivity contribution in [1.29, 1.82) is 0 Å². The number of hydroxylamine groups is 2. The summed E-state index contributed by atoms with van der Waals surface area (Å²) in [5, 5.41) is 1.29. The quantitative estimate of drug-likeness (QED) is 0.0488. The Hall–Kier alpha value is -2.22. The van der Waals surface area contributed by atoms with Gasteiger partial charge in [-0.15, -0.1) is 5.06 Å². The van der Waals surface area contributed by atoms with Crippen LogP contribution in [-0.2, 0) is 60.4 Å². The van der Waals surface area contributed by atoms with Crippen molar-refractivity contribution in [3.63, 3.8) is 0 Å². The first-order valence-corrected chi connectivity index (χ1v) is 27.8. The summed E-state index contributed by atoms with van der Waals surface area (Å²) in [6.07, 6.45) is 11.5. The van der Waals surface area contributed by atoms with Crippen molar-refractivity contribution in [1.82, 2.24) is 5.06 Å². The molecule has 0 saturated carbocycles. The van der Waals surface area contributed by atoms with Gasteiger partial charge in [-0.05, 0) is 117 Å². The Morgan fingerprint density at radius 3 is 2.08 bits per heavy atom. The molecule has 0 unspecified atom stereocenters. The zero-order chi connectivity index (χ0) is 51.3. The van der Waals surface area contributed by atoms with Crippen LogP contribution in [0, 0.1) is 0 Å². The number of carbonyl (C=O) groups is 3. The number of allylic oxidation sites excluding steroid dienone is 8. The van der Waals surface area contributed by atoms with Gasteiger partial charge in [0.25, 0.3) is 42.2 Å². The van der Waals surface area contributed by atoms with Gasteiger partial charge in [-0.25, -0.2) is 4.79 Å². The van der Waals surface area contributed by atoms with Crippen LogP contribution < -0.4 is 98.5 Å². The summed E-state index contributed by atoms with van der Waals surface area (Å²) >= 11 is 7.27. The van der Waals surface area contributed by atoms with Crippen molar-refractivity contribution in [3.8, 4) is 0 Å². The van der Waals surface area contributed by atoms with E-state index in [2.05, 4.69) is 24.8 Å². The van der Waals surface area contributed by atoms with E-state index in [1.807, 2.05) is 73.9 Å². The molecule has 0 bridgehead atoms. The fourth-order valence-corrected chi connectivity index (χ4v) is 12.1. The van der Waals surface area contributed by atoms with Gasteiger partial charge in [0.15, 0.2) is 5.71 Å². The standard InChI is InChI=1S/C49H57ClN4O13S3.3Na/c1-48(2)37-28-33(51(5)6)17-19-38(37)52(26-11-27-68(58,59)60)41(48)21-15-31-12-10-13-32(47(31)50)16-22-42-49(3,4)46-36-29-34(69(61,62)63)30-40(70(64,65)66)35(36)18-20-39(46)53(42)25-9-7-8-14-45(57)67-54-43(55)23-24-44(54)56;;;/h15-22,28-30H,7-14,23-27H2,1-6H3,(H2-,58,59,60,61,62,63,64,65,66);;;/q;3*+1/p+1. The van der Waals surface area contributed by atoms with Crippen molar-refractivity contribution < 1.29 is 151 Å². The monoisotopic (exact) mass is 1110 g/mol. The van der Waals surface area contributed by atoms with Gasteiger partial charge in [-0.2, -0.15) is 29.8 Å². The van der Waals surface area contributed by atoms with Gasteiger partial charge < -0.3 is 14.6 Å². The van der Waals surface area contributed by atoms with Crippen molar-refractivity contribution in [2.24, 2.45) is 0 Å². The number of fused-ring (bicyclic) bond motifs is 4. The third kappa shape index (κ3) is 13.9. The largest absolute Gasteiger partial charge is 1.00 e. The summed E-state index contributed by atoms with van der Waals surface area (Å²) in [7, 11) is -10.2. The third-order valence-corrected chi connectivity index (χ3v) is 16.5. The van der Waals surface area contributed by atoms with Crippen LogP contribution in [0.2, 0.25) is 0 Å². The average molecular weight is 1110 g/mol. The number of unbranched alkanes of at least 4 members (excludes halogenated alkanes) is 2. The van der Waals surface area contributed by atoms with Gasteiger partial charge in [0.2, 0.25) is 5.69 Å². The van der Waals surface area contributed by atoms with E-state index in [0.717, 1.165) is 52.0 Å². The molecular formula is C49H58ClN4Na3O13S3+4. The molecule has 3 aromatic rings. The number of rotatable bonds is 17. The number of hydrogen-bond donors (Lipinski definition) is 3. The van der Waals surface area contributed by atoms with Gasteiger partial charge >= 0.3 is 94.6 Å². The van der Waals surface area contributed by atoms with E-state index < -0.39 is 68.8 Å². The van der Waals surface area contributed by atoms with E-state index in [1.54, 1.807) is 6.07 Å². The summed E-state index contributed by atoms with van der Waals surface area (Å²) in [6, 6.07) is 11.2. The Morgan fingerprint density at radius 2 is 1.47 bits per heavy atom. The molecule has 3 aromatic carbocycles. The average Bonchev–Trinajstić information content (AvgIpc) is 3.78. The molecule has 4 aliphatic rings. The Labute approximate surface area is 499 Å². The van der Waals surface area contributed by atoms with Crippen LogP contribution in [0.15, 0.2) is 98.4 Å².